The fraction of sp³-hybridized carbons (Fsp3) is 0.400. The van der Waals surface area contributed by atoms with Gasteiger partial charge in [0.05, 0.1) is 19.5 Å². The highest BCUT2D eigenvalue weighted by atomic mass is 16.5. The molecular weight excluding hydrogens is 194 g/mol. The molecule has 15 heavy (non-hydrogen) atoms. The zero-order chi connectivity index (χ0) is 10.5. The van der Waals surface area contributed by atoms with Crippen LogP contribution in [0.5, 0.6) is 0 Å². The molecule has 2 aromatic rings. The van der Waals surface area contributed by atoms with E-state index >= 15 is 0 Å². The van der Waals surface area contributed by atoms with Crippen molar-refractivity contribution in [3.05, 3.63) is 24.7 Å². The summed E-state index contributed by atoms with van der Waals surface area (Å²) in [4.78, 5) is 8.44. The lowest BCUT2D eigenvalue weighted by molar-refractivity contribution is 0.0356. The van der Waals surface area contributed by atoms with Gasteiger partial charge in [-0.3, -0.25) is 4.57 Å². The predicted molar refractivity (Wildman–Crippen MR) is 55.4 cm³/mol. The highest BCUT2D eigenvalue weighted by Gasteiger charge is 2.01. The van der Waals surface area contributed by atoms with Crippen molar-refractivity contribution < 1.29 is 9.47 Å². The van der Waals surface area contributed by atoms with Gasteiger partial charge in [0.15, 0.2) is 5.65 Å². The highest BCUT2D eigenvalue weighted by molar-refractivity contribution is 5.69. The Hall–Kier alpha value is -1.46. The first kappa shape index (κ1) is 10.1. The Balaban J connectivity index is 2.02. The van der Waals surface area contributed by atoms with Crippen LogP contribution in [0.15, 0.2) is 24.7 Å². The molecule has 0 fully saturated rings. The first-order valence-electron chi connectivity index (χ1n) is 4.74. The van der Waals surface area contributed by atoms with Crippen molar-refractivity contribution >= 4 is 11.2 Å². The van der Waals surface area contributed by atoms with Gasteiger partial charge in [-0.15, -0.1) is 0 Å². The van der Waals surface area contributed by atoms with Crippen molar-refractivity contribution in [2.75, 3.05) is 20.3 Å². The molecule has 0 aromatic carbocycles. The smallest absolute Gasteiger partial charge is 0.161 e. The van der Waals surface area contributed by atoms with E-state index in [0.717, 1.165) is 11.2 Å². The summed E-state index contributed by atoms with van der Waals surface area (Å²) >= 11 is 0. The van der Waals surface area contributed by atoms with Crippen LogP contribution < -0.4 is 0 Å². The number of ether oxygens (including phenoxy) is 2. The number of nitrogens with zero attached hydrogens (tertiary/aromatic N) is 3. The average molecular weight is 207 g/mol. The summed E-state index contributed by atoms with van der Waals surface area (Å²) < 4.78 is 12.1. The van der Waals surface area contributed by atoms with Crippen LogP contribution in [0.2, 0.25) is 0 Å². The Kier molecular flexibility index (Phi) is 3.26. The zero-order valence-corrected chi connectivity index (χ0v) is 8.59. The number of aromatic nitrogens is 3. The van der Waals surface area contributed by atoms with Crippen LogP contribution in [-0.4, -0.2) is 34.9 Å². The maximum Gasteiger partial charge on any atom is 0.161 e. The molecule has 0 unspecified atom stereocenters. The number of methoxy groups -OCH3 is 1. The van der Waals surface area contributed by atoms with Crippen LogP contribution in [0.3, 0.4) is 0 Å². The van der Waals surface area contributed by atoms with Gasteiger partial charge in [-0.25, -0.2) is 9.97 Å². The summed E-state index contributed by atoms with van der Waals surface area (Å²) in [5, 5.41) is 0. The van der Waals surface area contributed by atoms with E-state index in [4.69, 9.17) is 9.47 Å². The van der Waals surface area contributed by atoms with Crippen molar-refractivity contribution in [3.8, 4) is 0 Å². The molecule has 0 spiro atoms. The minimum atomic E-state index is 0.455. The molecule has 0 atom stereocenters. The minimum Gasteiger partial charge on any atom is -0.382 e. The molecule has 0 bridgehead atoms. The lowest BCUT2D eigenvalue weighted by Crippen LogP contribution is -2.06. The Morgan fingerprint density at radius 3 is 3.13 bits per heavy atom. The van der Waals surface area contributed by atoms with Gasteiger partial charge < -0.3 is 9.47 Å². The van der Waals surface area contributed by atoms with E-state index in [9.17, 15) is 0 Å². The molecule has 0 saturated carbocycles. The van der Waals surface area contributed by atoms with Gasteiger partial charge in [0.1, 0.15) is 12.2 Å². The summed E-state index contributed by atoms with van der Waals surface area (Å²) in [6.45, 7) is 1.62. The van der Waals surface area contributed by atoms with Crippen molar-refractivity contribution in [3.63, 3.8) is 0 Å². The molecule has 2 heterocycles. The van der Waals surface area contributed by atoms with Crippen molar-refractivity contribution in [1.82, 2.24) is 14.5 Å². The van der Waals surface area contributed by atoms with E-state index < -0.39 is 0 Å². The van der Waals surface area contributed by atoms with Gasteiger partial charge >= 0.3 is 0 Å². The first-order chi connectivity index (χ1) is 7.42. The molecule has 0 aliphatic heterocycles. The van der Waals surface area contributed by atoms with Crippen LogP contribution in [-0.2, 0) is 16.2 Å². The maximum absolute atomic E-state index is 5.38. The number of imidazole rings is 1. The number of hydrogen-bond acceptors (Lipinski definition) is 4. The van der Waals surface area contributed by atoms with Gasteiger partial charge in [0, 0.05) is 13.3 Å². The predicted octanol–water partition coefficient (Wildman–Crippen LogP) is 1.05. The van der Waals surface area contributed by atoms with Crippen LogP contribution >= 0.6 is 0 Å². The van der Waals surface area contributed by atoms with Crippen LogP contribution in [0.4, 0.5) is 0 Å². The minimum absolute atomic E-state index is 0.455. The third-order valence-corrected chi connectivity index (χ3v) is 2.04. The molecule has 2 rings (SSSR count). The molecule has 0 amide bonds. The van der Waals surface area contributed by atoms with Crippen LogP contribution in [0.25, 0.3) is 11.2 Å². The lowest BCUT2D eigenvalue weighted by atomic mass is 10.4. The number of fused-ring (bicyclic) bond motifs is 1. The molecule has 0 aliphatic carbocycles. The molecule has 0 saturated heterocycles. The molecule has 80 valence electrons. The fourth-order valence-corrected chi connectivity index (χ4v) is 1.30. The zero-order valence-electron chi connectivity index (χ0n) is 8.59. The van der Waals surface area contributed by atoms with Gasteiger partial charge in [-0.05, 0) is 12.1 Å². The van der Waals surface area contributed by atoms with Crippen molar-refractivity contribution in [2.45, 2.75) is 6.73 Å². The first-order valence-corrected chi connectivity index (χ1v) is 4.74. The van der Waals surface area contributed by atoms with Crippen LogP contribution in [0, 0.1) is 0 Å². The summed E-state index contributed by atoms with van der Waals surface area (Å²) in [6.07, 6.45) is 3.47. The maximum atomic E-state index is 5.38. The monoisotopic (exact) mass is 207 g/mol. The molecular formula is C10H13N3O2. The lowest BCUT2D eigenvalue weighted by Gasteiger charge is -2.04. The Morgan fingerprint density at radius 2 is 2.27 bits per heavy atom. The molecule has 5 heteroatoms. The van der Waals surface area contributed by atoms with Gasteiger partial charge in [0.25, 0.3) is 0 Å². The largest absolute Gasteiger partial charge is 0.382 e. The standard InChI is InChI=1S/C10H13N3O2/c1-14-5-6-15-8-13-7-12-9-3-2-4-11-10(9)13/h2-4,7H,5-6,8H2,1H3. The summed E-state index contributed by atoms with van der Waals surface area (Å²) in [7, 11) is 1.65. The Bertz CT molecular complexity index is 427. The molecule has 5 nitrogen and oxygen atoms in total. The third-order valence-electron chi connectivity index (χ3n) is 2.04. The molecule has 2 aromatic heterocycles. The quantitative estimate of drug-likeness (QED) is 0.688. The normalized spacial score (nSPS) is 11.0. The Labute approximate surface area is 87.7 Å². The SMILES string of the molecule is COCCOCn1cnc2cccnc21. The second-order valence-electron chi connectivity index (χ2n) is 3.09. The van der Waals surface area contributed by atoms with Gasteiger partial charge in [-0.2, -0.15) is 0 Å². The van der Waals surface area contributed by atoms with E-state index in [0.29, 0.717) is 19.9 Å². The molecule has 0 N–H and O–H groups in total. The van der Waals surface area contributed by atoms with Crippen LogP contribution in [0.1, 0.15) is 0 Å². The van der Waals surface area contributed by atoms with E-state index in [1.165, 1.54) is 0 Å². The van der Waals surface area contributed by atoms with E-state index in [2.05, 4.69) is 9.97 Å². The van der Waals surface area contributed by atoms with E-state index in [1.54, 1.807) is 19.6 Å². The summed E-state index contributed by atoms with van der Waals surface area (Å²) in [5.74, 6) is 0. The second-order valence-corrected chi connectivity index (χ2v) is 3.09. The number of pyridine rings is 1. The van der Waals surface area contributed by atoms with E-state index in [-0.39, 0.29) is 0 Å². The van der Waals surface area contributed by atoms with Crippen molar-refractivity contribution in [1.29, 1.82) is 0 Å². The topological polar surface area (TPSA) is 49.2 Å². The molecule has 0 aliphatic rings. The summed E-state index contributed by atoms with van der Waals surface area (Å²) in [6, 6.07) is 3.79. The average Bonchev–Trinajstić information content (AvgIpc) is 2.68. The third kappa shape index (κ3) is 2.31. The fourth-order valence-electron chi connectivity index (χ4n) is 1.30. The van der Waals surface area contributed by atoms with Gasteiger partial charge in [-0.1, -0.05) is 0 Å². The highest BCUT2D eigenvalue weighted by Crippen LogP contribution is 2.08. The van der Waals surface area contributed by atoms with Crippen molar-refractivity contribution in [2.24, 2.45) is 0 Å². The molecule has 0 radical (unpaired) electrons. The Morgan fingerprint density at radius 1 is 1.33 bits per heavy atom. The number of rotatable bonds is 5. The van der Waals surface area contributed by atoms with E-state index in [1.807, 2.05) is 16.7 Å². The second kappa shape index (κ2) is 4.86. The number of hydrogen-bond donors (Lipinski definition) is 0. The summed E-state index contributed by atoms with van der Waals surface area (Å²) in [5.41, 5.74) is 1.72. The van der Waals surface area contributed by atoms with Gasteiger partial charge in [0.2, 0.25) is 0 Å².